The van der Waals surface area contributed by atoms with Gasteiger partial charge in [-0.05, 0) is 43.5 Å². The summed E-state index contributed by atoms with van der Waals surface area (Å²) in [5, 5.41) is 8.77. The van der Waals surface area contributed by atoms with Gasteiger partial charge in [0.2, 0.25) is 10.0 Å². The molecule has 1 unspecified atom stereocenters. The minimum atomic E-state index is -3.33. The molecule has 0 spiro atoms. The summed E-state index contributed by atoms with van der Waals surface area (Å²) < 4.78 is 26.9. The molecule has 2 rings (SSSR count). The minimum absolute atomic E-state index is 0.0141. The summed E-state index contributed by atoms with van der Waals surface area (Å²) in [6, 6.07) is 8.78. The lowest BCUT2D eigenvalue weighted by molar-refractivity contribution is 0.243. The topological polar surface area (TPSA) is 87.2 Å². The number of rotatable bonds is 5. The maximum absolute atomic E-state index is 12.6. The van der Waals surface area contributed by atoms with Gasteiger partial charge in [0.05, 0.1) is 17.4 Å². The van der Waals surface area contributed by atoms with Gasteiger partial charge in [-0.1, -0.05) is 18.6 Å². The molecular weight excluding hydrogens is 286 g/mol. The van der Waals surface area contributed by atoms with Crippen LogP contribution in [-0.4, -0.2) is 31.9 Å². The molecule has 0 aromatic heterocycles. The first-order valence-electron chi connectivity index (χ1n) is 7.25. The molecular formula is C15H21N3O2S. The fraction of sp³-hybridized carbons (Fsp3) is 0.533. The lowest BCUT2D eigenvalue weighted by atomic mass is 10.0. The first-order valence-corrected chi connectivity index (χ1v) is 8.86. The molecule has 1 saturated heterocycles. The van der Waals surface area contributed by atoms with Crippen molar-refractivity contribution in [3.8, 4) is 6.07 Å². The van der Waals surface area contributed by atoms with Crippen LogP contribution in [0.25, 0.3) is 0 Å². The minimum Gasteiger partial charge on any atom is -0.330 e. The number of nitrogens with zero attached hydrogens (tertiary/aromatic N) is 2. The Balaban J connectivity index is 2.14. The highest BCUT2D eigenvalue weighted by Gasteiger charge is 2.31. The molecule has 6 heteroatoms. The Kier molecular flexibility index (Phi) is 5.34. The SMILES string of the molecule is N#Cc1ccc(CS(=O)(=O)N2CCCCC2CCN)cc1. The third-order valence-corrected chi connectivity index (χ3v) is 5.76. The van der Waals surface area contributed by atoms with Crippen molar-refractivity contribution in [3.63, 3.8) is 0 Å². The average molecular weight is 307 g/mol. The van der Waals surface area contributed by atoms with Gasteiger partial charge in [-0.3, -0.25) is 0 Å². The van der Waals surface area contributed by atoms with Gasteiger partial charge < -0.3 is 5.73 Å². The molecule has 0 amide bonds. The van der Waals surface area contributed by atoms with Crippen molar-refractivity contribution in [2.75, 3.05) is 13.1 Å². The Morgan fingerprint density at radius 3 is 2.62 bits per heavy atom. The van der Waals surface area contributed by atoms with E-state index in [2.05, 4.69) is 0 Å². The highest BCUT2D eigenvalue weighted by molar-refractivity contribution is 7.88. The summed E-state index contributed by atoms with van der Waals surface area (Å²) in [7, 11) is -3.33. The number of benzene rings is 1. The van der Waals surface area contributed by atoms with Crippen molar-refractivity contribution in [1.82, 2.24) is 4.31 Å². The number of piperidine rings is 1. The van der Waals surface area contributed by atoms with E-state index in [0.717, 1.165) is 19.3 Å². The molecule has 21 heavy (non-hydrogen) atoms. The Morgan fingerprint density at radius 2 is 2.00 bits per heavy atom. The smallest absolute Gasteiger partial charge is 0.218 e. The average Bonchev–Trinajstić information content (AvgIpc) is 2.48. The van der Waals surface area contributed by atoms with Crippen LogP contribution in [0.15, 0.2) is 24.3 Å². The Morgan fingerprint density at radius 1 is 1.29 bits per heavy atom. The number of nitriles is 1. The molecule has 0 aliphatic carbocycles. The van der Waals surface area contributed by atoms with E-state index in [1.807, 2.05) is 6.07 Å². The molecule has 0 saturated carbocycles. The van der Waals surface area contributed by atoms with Crippen molar-refractivity contribution in [2.45, 2.75) is 37.5 Å². The zero-order chi connectivity index (χ0) is 15.3. The van der Waals surface area contributed by atoms with Gasteiger partial charge in [-0.2, -0.15) is 9.57 Å². The fourth-order valence-electron chi connectivity index (χ4n) is 2.79. The van der Waals surface area contributed by atoms with Crippen LogP contribution in [0.5, 0.6) is 0 Å². The van der Waals surface area contributed by atoms with Crippen LogP contribution in [-0.2, 0) is 15.8 Å². The first-order chi connectivity index (χ1) is 10.1. The molecule has 1 fully saturated rings. The van der Waals surface area contributed by atoms with Crippen LogP contribution >= 0.6 is 0 Å². The van der Waals surface area contributed by atoms with Crippen molar-refractivity contribution >= 4 is 10.0 Å². The lowest BCUT2D eigenvalue weighted by Gasteiger charge is -2.34. The van der Waals surface area contributed by atoms with Crippen molar-refractivity contribution in [3.05, 3.63) is 35.4 Å². The highest BCUT2D eigenvalue weighted by Crippen LogP contribution is 2.24. The quantitative estimate of drug-likeness (QED) is 0.895. The third kappa shape index (κ3) is 4.03. The summed E-state index contributed by atoms with van der Waals surface area (Å²) >= 11 is 0. The van der Waals surface area contributed by atoms with Gasteiger partial charge in [-0.15, -0.1) is 0 Å². The van der Waals surface area contributed by atoms with Crippen LogP contribution in [0, 0.1) is 11.3 Å². The van der Waals surface area contributed by atoms with Crippen LogP contribution in [0.1, 0.15) is 36.8 Å². The molecule has 0 bridgehead atoms. The van der Waals surface area contributed by atoms with Gasteiger partial charge in [0.15, 0.2) is 0 Å². The maximum atomic E-state index is 12.6. The van der Waals surface area contributed by atoms with E-state index in [9.17, 15) is 8.42 Å². The standard InChI is InChI=1S/C15H21N3O2S/c16-9-8-15-3-1-2-10-18(15)21(19,20)12-14-6-4-13(11-17)5-7-14/h4-7,15H,1-3,8-10,12,16H2. The van der Waals surface area contributed by atoms with E-state index >= 15 is 0 Å². The van der Waals surface area contributed by atoms with Crippen LogP contribution in [0.4, 0.5) is 0 Å². The van der Waals surface area contributed by atoms with Crippen molar-refractivity contribution < 1.29 is 8.42 Å². The normalized spacial score (nSPS) is 20.1. The fourth-order valence-corrected chi connectivity index (χ4v) is 4.64. The lowest BCUT2D eigenvalue weighted by Crippen LogP contribution is -2.45. The Hall–Kier alpha value is -1.42. The van der Waals surface area contributed by atoms with E-state index in [-0.39, 0.29) is 11.8 Å². The molecule has 0 radical (unpaired) electrons. The number of nitrogens with two attached hydrogens (primary N) is 1. The molecule has 1 heterocycles. The summed E-state index contributed by atoms with van der Waals surface area (Å²) in [4.78, 5) is 0. The second-order valence-electron chi connectivity index (χ2n) is 5.40. The van der Waals surface area contributed by atoms with Crippen molar-refractivity contribution in [1.29, 1.82) is 5.26 Å². The summed E-state index contributed by atoms with van der Waals surface area (Å²) in [6.45, 7) is 1.09. The summed E-state index contributed by atoms with van der Waals surface area (Å²) in [5.74, 6) is -0.0141. The maximum Gasteiger partial charge on any atom is 0.218 e. The number of hydrogen-bond acceptors (Lipinski definition) is 4. The first kappa shape index (κ1) is 16.0. The highest BCUT2D eigenvalue weighted by atomic mass is 32.2. The van der Waals surface area contributed by atoms with Gasteiger partial charge in [0.25, 0.3) is 0 Å². The molecule has 1 aliphatic rings. The van der Waals surface area contributed by atoms with E-state index in [1.54, 1.807) is 28.6 Å². The molecule has 5 nitrogen and oxygen atoms in total. The predicted octanol–water partition coefficient (Wildman–Crippen LogP) is 1.59. The molecule has 1 aromatic rings. The second-order valence-corrected chi connectivity index (χ2v) is 7.32. The molecule has 1 aliphatic heterocycles. The van der Waals surface area contributed by atoms with Crippen LogP contribution in [0.2, 0.25) is 0 Å². The predicted molar refractivity (Wildman–Crippen MR) is 81.8 cm³/mol. The Bertz CT molecular complexity index is 603. The largest absolute Gasteiger partial charge is 0.330 e. The molecule has 2 N–H and O–H groups in total. The molecule has 1 atom stereocenters. The van der Waals surface area contributed by atoms with E-state index in [1.165, 1.54) is 0 Å². The molecule has 1 aromatic carbocycles. The zero-order valence-corrected chi connectivity index (χ0v) is 12.8. The summed E-state index contributed by atoms with van der Waals surface area (Å²) in [5.41, 5.74) is 6.85. The van der Waals surface area contributed by atoms with E-state index in [0.29, 0.717) is 30.6 Å². The monoisotopic (exact) mass is 307 g/mol. The molecule has 114 valence electrons. The number of hydrogen-bond donors (Lipinski definition) is 1. The van der Waals surface area contributed by atoms with Gasteiger partial charge in [0, 0.05) is 12.6 Å². The van der Waals surface area contributed by atoms with Gasteiger partial charge >= 0.3 is 0 Å². The number of sulfonamides is 1. The van der Waals surface area contributed by atoms with Gasteiger partial charge in [0.1, 0.15) is 0 Å². The Labute approximate surface area is 126 Å². The van der Waals surface area contributed by atoms with Crippen molar-refractivity contribution in [2.24, 2.45) is 5.73 Å². The third-order valence-electron chi connectivity index (χ3n) is 3.86. The second kappa shape index (κ2) is 7.03. The van der Waals surface area contributed by atoms with Gasteiger partial charge in [-0.25, -0.2) is 8.42 Å². The van der Waals surface area contributed by atoms with E-state index in [4.69, 9.17) is 11.0 Å². The zero-order valence-electron chi connectivity index (χ0n) is 12.0. The van der Waals surface area contributed by atoms with Crippen LogP contribution in [0.3, 0.4) is 0 Å². The van der Waals surface area contributed by atoms with Crippen LogP contribution < -0.4 is 5.73 Å². The summed E-state index contributed by atoms with van der Waals surface area (Å²) in [6.07, 6.45) is 3.58. The van der Waals surface area contributed by atoms with E-state index < -0.39 is 10.0 Å².